The van der Waals surface area contributed by atoms with E-state index in [9.17, 15) is 9.59 Å². The lowest BCUT2D eigenvalue weighted by Gasteiger charge is -2.25. The van der Waals surface area contributed by atoms with Gasteiger partial charge in [0.1, 0.15) is 30.5 Å². The highest BCUT2D eigenvalue weighted by molar-refractivity contribution is 5.97. The number of ether oxygens (including phenoxy) is 3. The van der Waals surface area contributed by atoms with Gasteiger partial charge in [-0.25, -0.2) is 0 Å². The number of nitrogens with zero attached hydrogens (tertiary/aromatic N) is 4. The van der Waals surface area contributed by atoms with Crippen molar-refractivity contribution in [2.75, 3.05) is 26.3 Å². The fraction of sp³-hybridized carbons (Fsp3) is 0.306. The fourth-order valence-electron chi connectivity index (χ4n) is 5.46. The van der Waals surface area contributed by atoms with Gasteiger partial charge in [-0.2, -0.15) is 4.98 Å². The predicted molar refractivity (Wildman–Crippen MR) is 175 cm³/mol. The Morgan fingerprint density at radius 3 is 2.12 bits per heavy atom. The van der Waals surface area contributed by atoms with Crippen molar-refractivity contribution in [1.29, 1.82) is 0 Å². The van der Waals surface area contributed by atoms with Crippen LogP contribution in [0.2, 0.25) is 0 Å². The van der Waals surface area contributed by atoms with Crippen molar-refractivity contribution in [3.05, 3.63) is 112 Å². The van der Waals surface area contributed by atoms with Crippen LogP contribution in [0, 0.1) is 0 Å². The minimum atomic E-state index is -0.820. The van der Waals surface area contributed by atoms with Gasteiger partial charge in [-0.1, -0.05) is 84.8 Å². The zero-order chi connectivity index (χ0) is 33.5. The highest BCUT2D eigenvalue weighted by atomic mass is 16.5. The summed E-state index contributed by atoms with van der Waals surface area (Å²) in [5.41, 5.74) is 9.68. The van der Waals surface area contributed by atoms with Gasteiger partial charge < -0.3 is 33.9 Å². The topological polar surface area (TPSA) is 156 Å². The van der Waals surface area contributed by atoms with Crippen LogP contribution in [0.5, 0.6) is 11.5 Å². The van der Waals surface area contributed by atoms with Crippen molar-refractivity contribution < 1.29 is 32.8 Å². The lowest BCUT2D eigenvalue weighted by Crippen LogP contribution is -2.40. The van der Waals surface area contributed by atoms with E-state index in [1.165, 1.54) is 0 Å². The summed E-state index contributed by atoms with van der Waals surface area (Å²) in [5.74, 6) is 0.401. The number of hydrogen-bond acceptors (Lipinski definition) is 10. The Labute approximate surface area is 277 Å². The lowest BCUT2D eigenvalue weighted by atomic mass is 9.96. The van der Waals surface area contributed by atoms with Gasteiger partial charge in [-0.3, -0.25) is 9.59 Å². The largest absolute Gasteiger partial charge is 0.488 e. The maximum atomic E-state index is 13.0. The van der Waals surface area contributed by atoms with Crippen molar-refractivity contribution >= 4 is 11.8 Å². The molecule has 0 atom stereocenters. The molecular formula is C36H37N5O7. The highest BCUT2D eigenvalue weighted by Crippen LogP contribution is 2.36. The zero-order valence-corrected chi connectivity index (χ0v) is 26.9. The molecule has 5 aromatic rings. The molecule has 3 aromatic carbocycles. The average Bonchev–Trinajstić information content (AvgIpc) is 3.78. The van der Waals surface area contributed by atoms with Crippen LogP contribution >= 0.6 is 0 Å². The van der Waals surface area contributed by atoms with Crippen LogP contribution in [-0.4, -0.2) is 58.3 Å². The Morgan fingerprint density at radius 1 is 0.854 bits per heavy atom. The molecule has 2 amide bonds. The van der Waals surface area contributed by atoms with Gasteiger partial charge in [0.05, 0.1) is 18.8 Å². The third-order valence-electron chi connectivity index (χ3n) is 8.04. The Kier molecular flexibility index (Phi) is 10.1. The third-order valence-corrected chi connectivity index (χ3v) is 8.04. The van der Waals surface area contributed by atoms with E-state index in [0.717, 1.165) is 28.0 Å². The Morgan fingerprint density at radius 2 is 1.50 bits per heavy atom. The van der Waals surface area contributed by atoms with Gasteiger partial charge in [0.2, 0.25) is 5.82 Å². The summed E-state index contributed by atoms with van der Waals surface area (Å²) < 4.78 is 29.0. The Balaban J connectivity index is 1.29. The number of aromatic nitrogens is 3. The summed E-state index contributed by atoms with van der Waals surface area (Å²) in [6, 6.07) is 23.9. The number of aryl methyl sites for hydroxylation is 2. The number of rotatable bonds is 13. The normalized spacial score (nSPS) is 13.1. The first-order valence-electron chi connectivity index (χ1n) is 15.9. The second-order valence-corrected chi connectivity index (χ2v) is 11.7. The molecule has 1 aliphatic heterocycles. The summed E-state index contributed by atoms with van der Waals surface area (Å²) in [4.78, 5) is 31.2. The van der Waals surface area contributed by atoms with Crippen molar-refractivity contribution in [3.63, 3.8) is 0 Å². The molecule has 2 N–H and O–H groups in total. The highest BCUT2D eigenvalue weighted by Gasteiger charge is 2.29. The van der Waals surface area contributed by atoms with Gasteiger partial charge >= 0.3 is 11.8 Å². The lowest BCUT2D eigenvalue weighted by molar-refractivity contribution is 0.0272. The van der Waals surface area contributed by atoms with Crippen molar-refractivity contribution in [2.45, 2.75) is 45.8 Å². The molecule has 248 valence electrons. The maximum absolute atomic E-state index is 13.0. The number of hydrogen-bond donors (Lipinski definition) is 1. The summed E-state index contributed by atoms with van der Waals surface area (Å²) in [5, 5.41) is 7.92. The van der Waals surface area contributed by atoms with Crippen LogP contribution in [0.3, 0.4) is 0 Å². The summed E-state index contributed by atoms with van der Waals surface area (Å²) >= 11 is 0. The molecule has 12 nitrogen and oxygen atoms in total. The second kappa shape index (κ2) is 14.9. The number of nitrogens with two attached hydrogens (primary N) is 1. The van der Waals surface area contributed by atoms with E-state index >= 15 is 0 Å². The number of benzene rings is 3. The van der Waals surface area contributed by atoms with Gasteiger partial charge in [-0.05, 0) is 40.7 Å². The van der Waals surface area contributed by atoms with E-state index in [1.54, 1.807) is 4.90 Å². The average molecular weight is 652 g/mol. The van der Waals surface area contributed by atoms with E-state index in [4.69, 9.17) is 29.0 Å². The first-order valence-corrected chi connectivity index (χ1v) is 15.9. The first-order chi connectivity index (χ1) is 23.4. The summed E-state index contributed by atoms with van der Waals surface area (Å²) in [7, 11) is 0. The Bertz CT molecular complexity index is 1850. The molecule has 0 aliphatic carbocycles. The smallest absolute Gasteiger partial charge is 0.316 e. The van der Waals surface area contributed by atoms with E-state index < -0.39 is 11.8 Å². The number of carbonyl (C=O) groups is 2. The van der Waals surface area contributed by atoms with E-state index in [-0.39, 0.29) is 28.9 Å². The molecule has 2 aromatic heterocycles. The summed E-state index contributed by atoms with van der Waals surface area (Å²) in [6.07, 6.45) is 0.737. The van der Waals surface area contributed by atoms with Gasteiger partial charge in [0.25, 0.3) is 5.91 Å². The third kappa shape index (κ3) is 7.55. The van der Waals surface area contributed by atoms with Crippen LogP contribution in [-0.2, 0) is 30.8 Å². The van der Waals surface area contributed by atoms with Crippen molar-refractivity contribution in [2.24, 2.45) is 5.73 Å². The molecule has 12 heteroatoms. The van der Waals surface area contributed by atoms with Gasteiger partial charge in [-0.15, -0.1) is 0 Å². The van der Waals surface area contributed by atoms with E-state index in [1.807, 2.05) is 66.7 Å². The van der Waals surface area contributed by atoms with Crippen molar-refractivity contribution in [1.82, 2.24) is 20.2 Å². The molecule has 0 saturated carbocycles. The van der Waals surface area contributed by atoms with Gasteiger partial charge in [0, 0.05) is 25.6 Å². The van der Waals surface area contributed by atoms with Crippen LogP contribution in [0.1, 0.15) is 69.0 Å². The number of primary amides is 1. The minimum Gasteiger partial charge on any atom is -0.488 e. The molecular weight excluding hydrogens is 614 g/mol. The number of morpholine rings is 1. The molecule has 1 saturated heterocycles. The zero-order valence-electron chi connectivity index (χ0n) is 26.9. The van der Waals surface area contributed by atoms with E-state index in [0.29, 0.717) is 63.9 Å². The molecule has 6 rings (SSSR count). The van der Waals surface area contributed by atoms with Crippen LogP contribution < -0.4 is 15.2 Å². The SMILES string of the molecule is CC(C)c1cc(CCc2onc(C(N)=O)c2-c2noc(C(=O)N3CCOCC3)n2)c(OCc2ccccc2)cc1OCc1ccccc1. The molecule has 0 radical (unpaired) electrons. The number of carbonyl (C=O) groups excluding carboxylic acids is 2. The fourth-order valence-corrected chi connectivity index (χ4v) is 5.46. The van der Waals surface area contributed by atoms with E-state index in [2.05, 4.69) is 35.2 Å². The van der Waals surface area contributed by atoms with Crippen LogP contribution in [0.4, 0.5) is 0 Å². The monoisotopic (exact) mass is 651 g/mol. The second-order valence-electron chi connectivity index (χ2n) is 11.7. The molecule has 0 spiro atoms. The maximum Gasteiger partial charge on any atom is 0.316 e. The minimum absolute atomic E-state index is 0.00950. The molecule has 48 heavy (non-hydrogen) atoms. The predicted octanol–water partition coefficient (Wildman–Crippen LogP) is 5.36. The van der Waals surface area contributed by atoms with Gasteiger partial charge in [0.15, 0.2) is 5.69 Å². The summed E-state index contributed by atoms with van der Waals surface area (Å²) in [6.45, 7) is 6.65. The standard InChI is InChI=1S/C36H37N5O7/c1-23(2)27-19-26(29(45-21-24-9-5-3-6-10-24)20-30(27)46-22-25-11-7-4-8-12-25)13-14-28-31(32(33(37)42)39-47-28)34-38-35(48-40-34)36(43)41-15-17-44-18-16-41/h3-12,19-20,23H,13-18,21-22H2,1-2H3,(H2,37,42). The molecule has 1 fully saturated rings. The molecule has 1 aliphatic rings. The molecule has 3 heterocycles. The number of amides is 2. The molecule has 0 unspecified atom stereocenters. The van der Waals surface area contributed by atoms with Crippen LogP contribution in [0.15, 0.2) is 81.8 Å². The Hall–Kier alpha value is -5.49. The molecule has 0 bridgehead atoms. The van der Waals surface area contributed by atoms with Crippen LogP contribution in [0.25, 0.3) is 11.4 Å². The quantitative estimate of drug-likeness (QED) is 0.176. The van der Waals surface area contributed by atoms with Crippen molar-refractivity contribution in [3.8, 4) is 22.9 Å². The first kappa shape index (κ1) is 32.5.